The van der Waals surface area contributed by atoms with Crippen molar-refractivity contribution in [2.45, 2.75) is 31.2 Å². The van der Waals surface area contributed by atoms with Gasteiger partial charge in [-0.1, -0.05) is 18.2 Å². The third kappa shape index (κ3) is 4.33. The van der Waals surface area contributed by atoms with Gasteiger partial charge in [0.05, 0.1) is 0 Å². The zero-order chi connectivity index (χ0) is 10.6. The fraction of sp³-hybridized carbons (Fsp3) is 0.364. The third-order valence-electron chi connectivity index (χ3n) is 1.43. The van der Waals surface area contributed by atoms with Crippen LogP contribution in [0.3, 0.4) is 0 Å². The van der Waals surface area contributed by atoms with Crippen molar-refractivity contribution in [3.8, 4) is 0 Å². The Morgan fingerprint density at radius 3 is 2.29 bits per heavy atom. The van der Waals surface area contributed by atoms with E-state index in [4.69, 9.17) is 0 Å². The lowest BCUT2D eigenvalue weighted by molar-refractivity contribution is 0.253. The van der Waals surface area contributed by atoms with Crippen LogP contribution in [0.4, 0.5) is 4.79 Å². The summed E-state index contributed by atoms with van der Waals surface area (Å²) in [4.78, 5) is 12.4. The first-order valence-corrected chi connectivity index (χ1v) is 5.34. The second-order valence-electron chi connectivity index (χ2n) is 4.08. The van der Waals surface area contributed by atoms with Gasteiger partial charge in [0, 0.05) is 10.4 Å². The lowest BCUT2D eigenvalue weighted by Crippen LogP contribution is -2.38. The molecule has 0 unspecified atom stereocenters. The van der Waals surface area contributed by atoms with Gasteiger partial charge in [0.2, 0.25) is 0 Å². The SMILES string of the molecule is CC(C)(C)NC(=O)Sc1ccccc1. The van der Waals surface area contributed by atoms with Gasteiger partial charge < -0.3 is 5.32 Å². The fourth-order valence-corrected chi connectivity index (χ4v) is 1.79. The first kappa shape index (κ1) is 11.1. The molecule has 3 heteroatoms. The summed E-state index contributed by atoms with van der Waals surface area (Å²) in [5.74, 6) is 0. The number of carbonyl (C=O) groups excluding carboxylic acids is 1. The standard InChI is InChI=1S/C11H15NOS/c1-11(2,3)12-10(13)14-9-7-5-4-6-8-9/h4-8H,1-3H3,(H,12,13). The van der Waals surface area contributed by atoms with Gasteiger partial charge in [-0.25, -0.2) is 0 Å². The van der Waals surface area contributed by atoms with E-state index in [2.05, 4.69) is 5.32 Å². The van der Waals surface area contributed by atoms with E-state index in [1.165, 1.54) is 11.8 Å². The highest BCUT2D eigenvalue weighted by molar-refractivity contribution is 8.13. The summed E-state index contributed by atoms with van der Waals surface area (Å²) in [5.41, 5.74) is -0.168. The van der Waals surface area contributed by atoms with Crippen LogP contribution in [0.15, 0.2) is 35.2 Å². The first-order chi connectivity index (χ1) is 6.47. The molecule has 0 atom stereocenters. The van der Waals surface area contributed by atoms with E-state index in [0.717, 1.165) is 4.90 Å². The van der Waals surface area contributed by atoms with Crippen LogP contribution in [0.2, 0.25) is 0 Å². The minimum Gasteiger partial charge on any atom is -0.342 e. The van der Waals surface area contributed by atoms with Crippen molar-refractivity contribution in [2.75, 3.05) is 0 Å². The summed E-state index contributed by atoms with van der Waals surface area (Å²) in [6.45, 7) is 5.91. The van der Waals surface area contributed by atoms with Crippen LogP contribution in [-0.2, 0) is 0 Å². The number of hydrogen-bond acceptors (Lipinski definition) is 2. The second-order valence-corrected chi connectivity index (χ2v) is 5.12. The highest BCUT2D eigenvalue weighted by atomic mass is 32.2. The highest BCUT2D eigenvalue weighted by Gasteiger charge is 2.14. The molecule has 1 N–H and O–H groups in total. The smallest absolute Gasteiger partial charge is 0.284 e. The summed E-state index contributed by atoms with van der Waals surface area (Å²) >= 11 is 1.22. The molecule has 14 heavy (non-hydrogen) atoms. The summed E-state index contributed by atoms with van der Waals surface area (Å²) < 4.78 is 0. The van der Waals surface area contributed by atoms with Crippen LogP contribution in [0, 0.1) is 0 Å². The number of nitrogens with one attached hydrogen (secondary N) is 1. The van der Waals surface area contributed by atoms with Crippen molar-refractivity contribution in [2.24, 2.45) is 0 Å². The molecule has 0 heterocycles. The van der Waals surface area contributed by atoms with Crippen molar-refractivity contribution < 1.29 is 4.79 Å². The van der Waals surface area contributed by atoms with Gasteiger partial charge in [0.25, 0.3) is 5.24 Å². The molecular formula is C11H15NOS. The number of thioether (sulfide) groups is 1. The van der Waals surface area contributed by atoms with E-state index < -0.39 is 0 Å². The molecule has 0 bridgehead atoms. The number of amides is 1. The van der Waals surface area contributed by atoms with E-state index in [1.54, 1.807) is 0 Å². The minimum absolute atomic E-state index is 0.0105. The predicted molar refractivity (Wildman–Crippen MR) is 60.6 cm³/mol. The Labute approximate surface area is 89.1 Å². The van der Waals surface area contributed by atoms with Crippen molar-refractivity contribution in [1.29, 1.82) is 0 Å². The Bertz CT molecular complexity index is 303. The normalized spacial score (nSPS) is 11.1. The van der Waals surface area contributed by atoms with Crippen molar-refractivity contribution in [1.82, 2.24) is 5.32 Å². The van der Waals surface area contributed by atoms with Crippen molar-refractivity contribution in [3.05, 3.63) is 30.3 Å². The van der Waals surface area contributed by atoms with Gasteiger partial charge in [0.15, 0.2) is 0 Å². The predicted octanol–water partition coefficient (Wildman–Crippen LogP) is 3.29. The summed E-state index contributed by atoms with van der Waals surface area (Å²) in [5, 5.41) is 2.88. The first-order valence-electron chi connectivity index (χ1n) is 4.52. The van der Waals surface area contributed by atoms with E-state index in [9.17, 15) is 4.79 Å². The van der Waals surface area contributed by atoms with Gasteiger partial charge in [-0.05, 0) is 44.7 Å². The molecule has 1 aromatic carbocycles. The van der Waals surface area contributed by atoms with Gasteiger partial charge in [-0.15, -0.1) is 0 Å². The molecule has 2 nitrogen and oxygen atoms in total. The molecule has 0 radical (unpaired) electrons. The number of benzene rings is 1. The summed E-state index contributed by atoms with van der Waals surface area (Å²) in [6.07, 6.45) is 0. The van der Waals surface area contributed by atoms with E-state index in [1.807, 2.05) is 51.1 Å². The molecule has 1 rings (SSSR count). The molecule has 0 aromatic heterocycles. The third-order valence-corrected chi connectivity index (χ3v) is 2.23. The van der Waals surface area contributed by atoms with E-state index in [0.29, 0.717) is 0 Å². The zero-order valence-corrected chi connectivity index (χ0v) is 9.52. The Morgan fingerprint density at radius 2 is 1.79 bits per heavy atom. The van der Waals surface area contributed by atoms with Crippen LogP contribution in [0.25, 0.3) is 0 Å². The maximum atomic E-state index is 11.5. The minimum atomic E-state index is -0.168. The molecule has 0 saturated carbocycles. The fourth-order valence-electron chi connectivity index (χ4n) is 0.927. The van der Waals surface area contributed by atoms with E-state index >= 15 is 0 Å². The largest absolute Gasteiger partial charge is 0.342 e. The lowest BCUT2D eigenvalue weighted by Gasteiger charge is -2.19. The topological polar surface area (TPSA) is 29.1 Å². The Balaban J connectivity index is 2.50. The highest BCUT2D eigenvalue weighted by Crippen LogP contribution is 2.18. The van der Waals surface area contributed by atoms with Crippen LogP contribution >= 0.6 is 11.8 Å². The zero-order valence-electron chi connectivity index (χ0n) is 8.70. The maximum absolute atomic E-state index is 11.5. The molecule has 0 aliphatic heterocycles. The Hall–Kier alpha value is -0.960. The molecule has 0 spiro atoms. The average Bonchev–Trinajstić information content (AvgIpc) is 2.02. The van der Waals surface area contributed by atoms with Crippen LogP contribution in [-0.4, -0.2) is 10.8 Å². The van der Waals surface area contributed by atoms with Gasteiger partial charge >= 0.3 is 0 Å². The molecular weight excluding hydrogens is 194 g/mol. The van der Waals surface area contributed by atoms with Crippen LogP contribution in [0.5, 0.6) is 0 Å². The molecule has 0 aliphatic rings. The summed E-state index contributed by atoms with van der Waals surface area (Å²) in [6, 6.07) is 9.63. The van der Waals surface area contributed by atoms with Crippen LogP contribution in [0.1, 0.15) is 20.8 Å². The van der Waals surface area contributed by atoms with Gasteiger partial charge in [-0.2, -0.15) is 0 Å². The molecule has 0 saturated heterocycles. The van der Waals surface area contributed by atoms with Crippen LogP contribution < -0.4 is 5.32 Å². The molecule has 0 fully saturated rings. The summed E-state index contributed by atoms with van der Waals surface area (Å²) in [7, 11) is 0. The lowest BCUT2D eigenvalue weighted by atomic mass is 10.1. The maximum Gasteiger partial charge on any atom is 0.284 e. The Morgan fingerprint density at radius 1 is 1.21 bits per heavy atom. The quantitative estimate of drug-likeness (QED) is 0.719. The molecule has 1 amide bonds. The second kappa shape index (κ2) is 4.51. The van der Waals surface area contributed by atoms with E-state index in [-0.39, 0.29) is 10.8 Å². The van der Waals surface area contributed by atoms with Crippen molar-refractivity contribution >= 4 is 17.0 Å². The monoisotopic (exact) mass is 209 g/mol. The van der Waals surface area contributed by atoms with Gasteiger partial charge in [-0.3, -0.25) is 4.79 Å². The van der Waals surface area contributed by atoms with Crippen molar-refractivity contribution in [3.63, 3.8) is 0 Å². The Kier molecular flexibility index (Phi) is 3.58. The molecule has 1 aromatic rings. The number of hydrogen-bond donors (Lipinski definition) is 1. The average molecular weight is 209 g/mol. The van der Waals surface area contributed by atoms with Gasteiger partial charge in [0.1, 0.15) is 0 Å². The molecule has 0 aliphatic carbocycles. The number of rotatable bonds is 1. The molecule has 76 valence electrons. The number of carbonyl (C=O) groups is 1.